The number of hydrogen-bond acceptors (Lipinski definition) is 6. The van der Waals surface area contributed by atoms with Crippen molar-refractivity contribution >= 4 is 12.0 Å². The van der Waals surface area contributed by atoms with Crippen molar-refractivity contribution in [3.8, 4) is 11.4 Å². The van der Waals surface area contributed by atoms with Gasteiger partial charge in [-0.15, -0.1) is 0 Å². The Labute approximate surface area is 197 Å². The molecule has 34 heavy (non-hydrogen) atoms. The Morgan fingerprint density at radius 1 is 1.26 bits per heavy atom. The third-order valence-electron chi connectivity index (χ3n) is 5.61. The van der Waals surface area contributed by atoms with E-state index in [1.165, 1.54) is 12.1 Å². The van der Waals surface area contributed by atoms with Crippen molar-refractivity contribution in [2.75, 3.05) is 13.7 Å². The summed E-state index contributed by atoms with van der Waals surface area (Å²) in [6.07, 6.45) is 2.08. The molecule has 1 aliphatic heterocycles. The molecule has 9 heteroatoms. The van der Waals surface area contributed by atoms with Gasteiger partial charge in [-0.1, -0.05) is 18.2 Å². The van der Waals surface area contributed by atoms with E-state index in [0.717, 1.165) is 0 Å². The zero-order valence-corrected chi connectivity index (χ0v) is 19.5. The van der Waals surface area contributed by atoms with E-state index in [2.05, 4.69) is 10.1 Å². The molecule has 2 heterocycles. The number of aromatic nitrogens is 3. The van der Waals surface area contributed by atoms with Crippen molar-refractivity contribution in [2.45, 2.75) is 39.0 Å². The minimum atomic E-state index is -0.869. The maximum atomic E-state index is 13.4. The number of carbonyl (C=O) groups excluding carboxylic acids is 1. The molecule has 0 aliphatic carbocycles. The number of ether oxygens (including phenoxy) is 2. The quantitative estimate of drug-likeness (QED) is 0.560. The Bertz CT molecular complexity index is 1210. The molecule has 3 aromatic rings. The minimum absolute atomic E-state index is 0.151. The lowest BCUT2D eigenvalue weighted by atomic mass is 9.98. The van der Waals surface area contributed by atoms with Gasteiger partial charge in [0, 0.05) is 0 Å². The van der Waals surface area contributed by atoms with Crippen LogP contribution in [0.4, 0.5) is 4.39 Å². The predicted molar refractivity (Wildman–Crippen MR) is 124 cm³/mol. The van der Waals surface area contributed by atoms with Crippen LogP contribution in [0.15, 0.2) is 54.6 Å². The molecule has 3 atom stereocenters. The largest absolute Gasteiger partial charge is 0.494 e. The molecule has 0 bridgehead atoms. The molecule has 8 nitrogen and oxygen atoms in total. The number of benzene rings is 2. The molecule has 4 rings (SSSR count). The molecular formula is C25H27FN4O4. The monoisotopic (exact) mass is 466 g/mol. The zero-order valence-electron chi connectivity index (χ0n) is 19.5. The van der Waals surface area contributed by atoms with E-state index in [4.69, 9.17) is 9.47 Å². The van der Waals surface area contributed by atoms with Gasteiger partial charge in [0.2, 0.25) is 0 Å². The van der Waals surface area contributed by atoms with Gasteiger partial charge in [0.25, 0.3) is 5.91 Å². The average Bonchev–Trinajstić information content (AvgIpc) is 3.24. The van der Waals surface area contributed by atoms with Crippen LogP contribution in [0, 0.1) is 12.7 Å². The van der Waals surface area contributed by atoms with E-state index in [1.54, 1.807) is 61.1 Å². The molecule has 1 amide bonds. The molecule has 1 aromatic heterocycles. The Hall–Kier alpha value is -3.72. The molecule has 1 saturated heterocycles. The highest BCUT2D eigenvalue weighted by molar-refractivity contribution is 5.97. The van der Waals surface area contributed by atoms with E-state index in [0.29, 0.717) is 28.4 Å². The number of aliphatic hydroxyl groups is 1. The lowest BCUT2D eigenvalue weighted by Gasteiger charge is -2.39. The van der Waals surface area contributed by atoms with Gasteiger partial charge in [0.1, 0.15) is 35.5 Å². The molecule has 178 valence electrons. The van der Waals surface area contributed by atoms with Gasteiger partial charge in [-0.2, -0.15) is 5.10 Å². The minimum Gasteiger partial charge on any atom is -0.494 e. The Morgan fingerprint density at radius 3 is 2.62 bits per heavy atom. The first-order valence-electron chi connectivity index (χ1n) is 11.0. The van der Waals surface area contributed by atoms with Crippen molar-refractivity contribution < 1.29 is 23.8 Å². The summed E-state index contributed by atoms with van der Waals surface area (Å²) < 4.78 is 26.5. The van der Waals surface area contributed by atoms with E-state index < -0.39 is 12.1 Å². The van der Waals surface area contributed by atoms with Crippen LogP contribution in [0.5, 0.6) is 5.75 Å². The third-order valence-corrected chi connectivity index (χ3v) is 5.61. The van der Waals surface area contributed by atoms with Gasteiger partial charge < -0.3 is 19.5 Å². The number of nitrogens with zero attached hydrogens (tertiary/aromatic N) is 4. The number of halogens is 1. The Balaban J connectivity index is 1.67. The molecule has 0 radical (unpaired) electrons. The van der Waals surface area contributed by atoms with Crippen LogP contribution in [-0.4, -0.2) is 56.5 Å². The van der Waals surface area contributed by atoms with Crippen LogP contribution in [0.2, 0.25) is 0 Å². The number of amides is 1. The number of aliphatic hydroxyl groups excluding tert-OH is 1. The lowest BCUT2D eigenvalue weighted by Crippen LogP contribution is -2.48. The zero-order chi connectivity index (χ0) is 24.4. The van der Waals surface area contributed by atoms with E-state index in [-0.39, 0.29) is 30.1 Å². The smallest absolute Gasteiger partial charge is 0.289 e. The highest BCUT2D eigenvalue weighted by Gasteiger charge is 2.37. The number of rotatable bonds is 6. The summed E-state index contributed by atoms with van der Waals surface area (Å²) in [6.45, 7) is 5.55. The van der Waals surface area contributed by atoms with Crippen LogP contribution in [0.25, 0.3) is 11.8 Å². The second-order valence-corrected chi connectivity index (χ2v) is 8.30. The van der Waals surface area contributed by atoms with Crippen LogP contribution in [-0.2, 0) is 9.53 Å². The van der Waals surface area contributed by atoms with Crippen LogP contribution < -0.4 is 4.74 Å². The second kappa shape index (κ2) is 9.64. The van der Waals surface area contributed by atoms with Crippen molar-refractivity contribution in [1.82, 2.24) is 19.7 Å². The van der Waals surface area contributed by atoms with Crippen LogP contribution >= 0.6 is 0 Å². The second-order valence-electron chi connectivity index (χ2n) is 8.30. The average molecular weight is 467 g/mol. The summed E-state index contributed by atoms with van der Waals surface area (Å²) in [7, 11) is 1.56. The van der Waals surface area contributed by atoms with Crippen LogP contribution in [0.1, 0.15) is 36.8 Å². The van der Waals surface area contributed by atoms with Gasteiger partial charge >= 0.3 is 0 Å². The fraction of sp³-hybridized carbons (Fsp3) is 0.320. The highest BCUT2D eigenvalue weighted by Crippen LogP contribution is 2.32. The summed E-state index contributed by atoms with van der Waals surface area (Å²) in [5.74, 6) is 0.605. The first-order valence-corrected chi connectivity index (χ1v) is 11.0. The first kappa shape index (κ1) is 23.4. The number of carbonyl (C=O) groups is 1. The van der Waals surface area contributed by atoms with Gasteiger partial charge in [0.15, 0.2) is 5.76 Å². The summed E-state index contributed by atoms with van der Waals surface area (Å²) in [5, 5.41) is 14.8. The van der Waals surface area contributed by atoms with Crippen molar-refractivity contribution in [3.63, 3.8) is 0 Å². The normalized spacial score (nSPS) is 19.1. The SMILES string of the molecule is COc1cc(/C=C2\O[C@@H](C)CN([C@H](c3ccc(F)cc3)[C@@H](C)O)C2=O)ccc1-n1cnc(C)n1. The maximum absolute atomic E-state index is 13.4. The molecule has 2 aromatic carbocycles. The third kappa shape index (κ3) is 4.79. The molecule has 0 spiro atoms. The van der Waals surface area contributed by atoms with Gasteiger partial charge in [0.05, 0.1) is 25.8 Å². The van der Waals surface area contributed by atoms with Gasteiger partial charge in [-0.05, 0) is 62.2 Å². The number of aryl methyl sites for hydroxylation is 1. The molecule has 1 N–H and O–H groups in total. The lowest BCUT2D eigenvalue weighted by molar-refractivity contribution is -0.145. The number of hydrogen-bond donors (Lipinski definition) is 1. The summed E-state index contributed by atoms with van der Waals surface area (Å²) in [6, 6.07) is 10.6. The summed E-state index contributed by atoms with van der Waals surface area (Å²) >= 11 is 0. The van der Waals surface area contributed by atoms with Crippen molar-refractivity contribution in [1.29, 1.82) is 0 Å². The van der Waals surface area contributed by atoms with Crippen molar-refractivity contribution in [3.05, 3.63) is 77.3 Å². The number of methoxy groups -OCH3 is 1. The standard InChI is InChI=1S/C25H27FN4O4/c1-15-13-29(24(16(2)31)19-6-8-20(26)9-7-19)25(32)23(34-15)12-18-5-10-21(22(11-18)33-4)30-14-27-17(3)28-30/h5-12,14-16,24,31H,13H2,1-4H3/b23-12-/t15-,16+,24-/m0/s1. The predicted octanol–water partition coefficient (Wildman–Crippen LogP) is 3.43. The van der Waals surface area contributed by atoms with Gasteiger partial charge in [-0.3, -0.25) is 4.79 Å². The van der Waals surface area contributed by atoms with E-state index >= 15 is 0 Å². The summed E-state index contributed by atoms with van der Waals surface area (Å²) in [5.41, 5.74) is 2.05. The molecule has 0 saturated carbocycles. The molecule has 0 unspecified atom stereocenters. The molecule has 1 aliphatic rings. The van der Waals surface area contributed by atoms with E-state index in [1.807, 2.05) is 19.1 Å². The molecule has 1 fully saturated rings. The van der Waals surface area contributed by atoms with Crippen LogP contribution in [0.3, 0.4) is 0 Å². The van der Waals surface area contributed by atoms with Crippen molar-refractivity contribution in [2.24, 2.45) is 0 Å². The fourth-order valence-corrected chi connectivity index (χ4v) is 4.11. The Morgan fingerprint density at radius 2 is 2.00 bits per heavy atom. The topological polar surface area (TPSA) is 89.7 Å². The highest BCUT2D eigenvalue weighted by atomic mass is 19.1. The first-order chi connectivity index (χ1) is 16.3. The number of morpholine rings is 1. The maximum Gasteiger partial charge on any atom is 0.289 e. The summed E-state index contributed by atoms with van der Waals surface area (Å²) in [4.78, 5) is 19.1. The Kier molecular flexibility index (Phi) is 6.65. The molecular weight excluding hydrogens is 439 g/mol. The fourth-order valence-electron chi connectivity index (χ4n) is 4.11. The van der Waals surface area contributed by atoms with Gasteiger partial charge in [-0.25, -0.2) is 14.1 Å². The van der Waals surface area contributed by atoms with E-state index in [9.17, 15) is 14.3 Å².